The van der Waals surface area contributed by atoms with Crippen molar-refractivity contribution in [2.24, 2.45) is 5.10 Å². The van der Waals surface area contributed by atoms with Crippen molar-refractivity contribution >= 4 is 27.5 Å². The van der Waals surface area contributed by atoms with Crippen LogP contribution in [0.1, 0.15) is 22.8 Å². The minimum Gasteiger partial charge on any atom is -0.507 e. The summed E-state index contributed by atoms with van der Waals surface area (Å²) in [5.74, 6) is 0.440. The zero-order valence-corrected chi connectivity index (χ0v) is 13.7. The lowest BCUT2D eigenvalue weighted by molar-refractivity contribution is 0.0955. The molecule has 22 heavy (non-hydrogen) atoms. The average molecular weight is 363 g/mol. The Balaban J connectivity index is 2.12. The molecule has 0 aliphatic heterocycles. The third kappa shape index (κ3) is 3.85. The van der Waals surface area contributed by atoms with Gasteiger partial charge in [-0.05, 0) is 49.4 Å². The Labute approximate surface area is 136 Å². The quantitative estimate of drug-likeness (QED) is 0.647. The molecule has 2 aromatic carbocycles. The van der Waals surface area contributed by atoms with Crippen molar-refractivity contribution in [2.45, 2.75) is 6.92 Å². The highest BCUT2D eigenvalue weighted by atomic mass is 79.9. The lowest BCUT2D eigenvalue weighted by atomic mass is 10.1. The Morgan fingerprint density at radius 3 is 2.55 bits per heavy atom. The Hall–Kier alpha value is -2.34. The van der Waals surface area contributed by atoms with Gasteiger partial charge >= 0.3 is 0 Å². The highest BCUT2D eigenvalue weighted by Gasteiger charge is 2.08. The summed E-state index contributed by atoms with van der Waals surface area (Å²) in [6.07, 6.45) is 0. The van der Waals surface area contributed by atoms with E-state index in [9.17, 15) is 9.90 Å². The molecule has 0 aromatic heterocycles. The van der Waals surface area contributed by atoms with Crippen molar-refractivity contribution in [3.05, 3.63) is 58.1 Å². The van der Waals surface area contributed by atoms with Crippen LogP contribution < -0.4 is 10.2 Å². The molecule has 0 saturated carbocycles. The number of nitrogens with zero attached hydrogens (tertiary/aromatic N) is 1. The molecule has 0 saturated heterocycles. The second-order valence-corrected chi connectivity index (χ2v) is 5.44. The maximum Gasteiger partial charge on any atom is 0.271 e. The first kappa shape index (κ1) is 16.0. The van der Waals surface area contributed by atoms with E-state index in [-0.39, 0.29) is 11.7 Å². The van der Waals surface area contributed by atoms with Crippen LogP contribution in [-0.2, 0) is 0 Å². The van der Waals surface area contributed by atoms with Crippen LogP contribution in [0.4, 0.5) is 0 Å². The van der Waals surface area contributed by atoms with E-state index in [1.165, 1.54) is 0 Å². The number of halogens is 1. The number of nitrogens with one attached hydrogen (secondary N) is 1. The minimum atomic E-state index is -0.337. The van der Waals surface area contributed by atoms with Crippen LogP contribution >= 0.6 is 15.9 Å². The maximum absolute atomic E-state index is 12.0. The van der Waals surface area contributed by atoms with Crippen LogP contribution in [0, 0.1) is 0 Å². The van der Waals surface area contributed by atoms with Gasteiger partial charge in [-0.3, -0.25) is 4.79 Å². The molecule has 2 rings (SSSR count). The maximum atomic E-state index is 12.0. The first-order valence-electron chi connectivity index (χ1n) is 6.49. The first-order valence-corrected chi connectivity index (χ1v) is 7.28. The number of carbonyl (C=O) groups excluding carboxylic acids is 1. The van der Waals surface area contributed by atoms with Gasteiger partial charge in [0.1, 0.15) is 11.5 Å². The smallest absolute Gasteiger partial charge is 0.271 e. The molecule has 1 amide bonds. The standard InChI is InChI=1S/C16H15BrN2O3/c1-10(14-9-12(17)5-8-15(14)20)18-19-16(21)11-3-6-13(22-2)7-4-11/h3-9,20H,1-2H3,(H,19,21)/b18-10+. The summed E-state index contributed by atoms with van der Waals surface area (Å²) in [5.41, 5.74) is 3.98. The van der Waals surface area contributed by atoms with Crippen LogP contribution in [0.5, 0.6) is 11.5 Å². The highest BCUT2D eigenvalue weighted by molar-refractivity contribution is 9.10. The number of phenols is 1. The molecular weight excluding hydrogens is 348 g/mol. The molecule has 0 heterocycles. The van der Waals surface area contributed by atoms with E-state index in [1.54, 1.807) is 56.5 Å². The molecule has 5 nitrogen and oxygen atoms in total. The summed E-state index contributed by atoms with van der Waals surface area (Å²) in [7, 11) is 1.56. The van der Waals surface area contributed by atoms with E-state index in [0.29, 0.717) is 22.6 Å². The summed E-state index contributed by atoms with van der Waals surface area (Å²) >= 11 is 3.33. The number of amides is 1. The SMILES string of the molecule is COc1ccc(C(=O)N/N=C(\C)c2cc(Br)ccc2O)cc1. The van der Waals surface area contributed by atoms with E-state index >= 15 is 0 Å². The van der Waals surface area contributed by atoms with Crippen molar-refractivity contribution in [3.8, 4) is 11.5 Å². The van der Waals surface area contributed by atoms with Gasteiger partial charge in [0, 0.05) is 15.6 Å². The van der Waals surface area contributed by atoms with Gasteiger partial charge in [0.2, 0.25) is 0 Å². The Morgan fingerprint density at radius 2 is 1.91 bits per heavy atom. The zero-order chi connectivity index (χ0) is 16.1. The first-order chi connectivity index (χ1) is 10.5. The monoisotopic (exact) mass is 362 g/mol. The number of methoxy groups -OCH3 is 1. The summed E-state index contributed by atoms with van der Waals surface area (Å²) in [6.45, 7) is 1.70. The second-order valence-electron chi connectivity index (χ2n) is 4.53. The summed E-state index contributed by atoms with van der Waals surface area (Å²) in [5, 5.41) is 13.8. The van der Waals surface area contributed by atoms with Crippen molar-refractivity contribution in [2.75, 3.05) is 7.11 Å². The normalized spacial score (nSPS) is 11.1. The molecule has 0 aliphatic rings. The lowest BCUT2D eigenvalue weighted by Gasteiger charge is -2.06. The number of hydrazone groups is 1. The number of carbonyl (C=O) groups is 1. The van der Waals surface area contributed by atoms with E-state index in [1.807, 2.05) is 0 Å². The lowest BCUT2D eigenvalue weighted by Crippen LogP contribution is -2.19. The van der Waals surface area contributed by atoms with Gasteiger partial charge < -0.3 is 9.84 Å². The average Bonchev–Trinajstić information content (AvgIpc) is 2.54. The Bertz CT molecular complexity index is 712. The number of benzene rings is 2. The molecule has 0 fully saturated rings. The second kappa shape index (κ2) is 7.09. The number of aromatic hydroxyl groups is 1. The minimum absolute atomic E-state index is 0.100. The fraction of sp³-hybridized carbons (Fsp3) is 0.125. The third-order valence-electron chi connectivity index (χ3n) is 3.03. The predicted octanol–water partition coefficient (Wildman–Crippen LogP) is 3.32. The number of hydrogen-bond donors (Lipinski definition) is 2. The van der Waals surface area contributed by atoms with Gasteiger partial charge in [-0.1, -0.05) is 15.9 Å². The largest absolute Gasteiger partial charge is 0.507 e. The third-order valence-corrected chi connectivity index (χ3v) is 3.52. The number of rotatable bonds is 4. The van der Waals surface area contributed by atoms with Gasteiger partial charge in [0.15, 0.2) is 0 Å². The van der Waals surface area contributed by atoms with E-state index < -0.39 is 0 Å². The van der Waals surface area contributed by atoms with Gasteiger partial charge in [0.05, 0.1) is 12.8 Å². The van der Waals surface area contributed by atoms with Crippen molar-refractivity contribution < 1.29 is 14.6 Å². The van der Waals surface area contributed by atoms with Crippen molar-refractivity contribution in [3.63, 3.8) is 0 Å². The van der Waals surface area contributed by atoms with Crippen LogP contribution in [0.3, 0.4) is 0 Å². The molecule has 2 aromatic rings. The fourth-order valence-corrected chi connectivity index (χ4v) is 2.16. The molecule has 6 heteroatoms. The zero-order valence-electron chi connectivity index (χ0n) is 12.1. The van der Waals surface area contributed by atoms with E-state index in [4.69, 9.17) is 4.74 Å². The molecule has 0 radical (unpaired) electrons. The molecule has 0 bridgehead atoms. The van der Waals surface area contributed by atoms with Crippen molar-refractivity contribution in [1.82, 2.24) is 5.43 Å². The molecule has 0 unspecified atom stereocenters. The number of hydrogen-bond acceptors (Lipinski definition) is 4. The number of phenolic OH excluding ortho intramolecular Hbond substituents is 1. The van der Waals surface area contributed by atoms with E-state index in [2.05, 4.69) is 26.5 Å². The fourth-order valence-electron chi connectivity index (χ4n) is 1.80. The predicted molar refractivity (Wildman–Crippen MR) is 88.5 cm³/mol. The van der Waals surface area contributed by atoms with Crippen molar-refractivity contribution in [1.29, 1.82) is 0 Å². The highest BCUT2D eigenvalue weighted by Crippen LogP contribution is 2.22. The topological polar surface area (TPSA) is 70.9 Å². The van der Waals surface area contributed by atoms with Crippen LogP contribution in [0.25, 0.3) is 0 Å². The molecule has 2 N–H and O–H groups in total. The summed E-state index contributed by atoms with van der Waals surface area (Å²) in [4.78, 5) is 12.0. The van der Waals surface area contributed by atoms with Gasteiger partial charge in [-0.25, -0.2) is 5.43 Å². The molecular formula is C16H15BrN2O3. The van der Waals surface area contributed by atoms with Crippen LogP contribution in [-0.4, -0.2) is 23.8 Å². The Morgan fingerprint density at radius 1 is 1.23 bits per heavy atom. The molecule has 0 atom stereocenters. The molecule has 114 valence electrons. The number of ether oxygens (including phenoxy) is 1. The summed E-state index contributed by atoms with van der Waals surface area (Å²) < 4.78 is 5.85. The van der Waals surface area contributed by atoms with Gasteiger partial charge in [0.25, 0.3) is 5.91 Å². The molecule has 0 aliphatic carbocycles. The van der Waals surface area contributed by atoms with Crippen LogP contribution in [0.15, 0.2) is 52.0 Å². The van der Waals surface area contributed by atoms with Gasteiger partial charge in [-0.2, -0.15) is 5.10 Å². The summed E-state index contributed by atoms with van der Waals surface area (Å²) in [6, 6.07) is 11.7. The van der Waals surface area contributed by atoms with Crippen LogP contribution in [0.2, 0.25) is 0 Å². The molecule has 0 spiro atoms. The Kier molecular flexibility index (Phi) is 5.16. The van der Waals surface area contributed by atoms with E-state index in [0.717, 1.165) is 4.47 Å². The van der Waals surface area contributed by atoms with Gasteiger partial charge in [-0.15, -0.1) is 0 Å².